The fourth-order valence-corrected chi connectivity index (χ4v) is 1.56. The van der Waals surface area contributed by atoms with Crippen LogP contribution >= 0.6 is 0 Å². The van der Waals surface area contributed by atoms with Crippen LogP contribution in [0, 0.1) is 18.8 Å². The van der Waals surface area contributed by atoms with E-state index >= 15 is 0 Å². The van der Waals surface area contributed by atoms with Crippen LogP contribution < -0.4 is 5.32 Å². The molecule has 1 heterocycles. The molecular weight excluding hydrogens is 250 g/mol. The van der Waals surface area contributed by atoms with Crippen molar-refractivity contribution in [2.45, 2.75) is 6.92 Å². The van der Waals surface area contributed by atoms with E-state index in [2.05, 4.69) is 17.2 Å². The van der Waals surface area contributed by atoms with Crippen molar-refractivity contribution in [1.29, 1.82) is 0 Å². The molecule has 20 heavy (non-hydrogen) atoms. The first kappa shape index (κ1) is 13.7. The van der Waals surface area contributed by atoms with Crippen molar-refractivity contribution < 1.29 is 9.21 Å². The number of hydrogen-bond donors (Lipinski definition) is 1. The highest BCUT2D eigenvalue weighted by Crippen LogP contribution is 2.07. The molecule has 0 spiro atoms. The topological polar surface area (TPSA) is 42.2 Å². The number of carbonyl (C=O) groups is 1. The second-order valence-corrected chi connectivity index (χ2v) is 4.17. The summed E-state index contributed by atoms with van der Waals surface area (Å²) < 4.78 is 5.32. The third-order valence-corrected chi connectivity index (χ3v) is 2.52. The van der Waals surface area contributed by atoms with Gasteiger partial charge in [-0.05, 0) is 37.3 Å². The Kier molecular flexibility index (Phi) is 4.80. The fraction of sp³-hybridized carbons (Fsp3) is 0.118. The first-order valence-electron chi connectivity index (χ1n) is 6.30. The summed E-state index contributed by atoms with van der Waals surface area (Å²) >= 11 is 0. The van der Waals surface area contributed by atoms with Gasteiger partial charge in [0.15, 0.2) is 0 Å². The van der Waals surface area contributed by atoms with Gasteiger partial charge in [0.1, 0.15) is 11.5 Å². The molecule has 0 atom stereocenters. The summed E-state index contributed by atoms with van der Waals surface area (Å²) in [4.78, 5) is 11.5. The molecule has 3 heteroatoms. The largest absolute Gasteiger partial charge is 0.462 e. The van der Waals surface area contributed by atoms with Crippen LogP contribution in [-0.2, 0) is 4.79 Å². The number of nitrogens with one attached hydrogen (secondary N) is 1. The molecule has 0 saturated heterocycles. The molecule has 0 fully saturated rings. The van der Waals surface area contributed by atoms with Gasteiger partial charge < -0.3 is 9.73 Å². The molecule has 2 rings (SSSR count). The van der Waals surface area contributed by atoms with Gasteiger partial charge in [-0.25, -0.2) is 0 Å². The molecule has 0 saturated carbocycles. The third-order valence-electron chi connectivity index (χ3n) is 2.52. The van der Waals surface area contributed by atoms with Crippen LogP contribution in [0.3, 0.4) is 0 Å². The van der Waals surface area contributed by atoms with Crippen LogP contribution in [0.25, 0.3) is 6.08 Å². The highest BCUT2D eigenvalue weighted by molar-refractivity contribution is 5.91. The molecule has 0 aliphatic heterocycles. The van der Waals surface area contributed by atoms with Crippen LogP contribution in [0.4, 0.5) is 0 Å². The van der Waals surface area contributed by atoms with Gasteiger partial charge in [-0.3, -0.25) is 4.79 Å². The van der Waals surface area contributed by atoms with E-state index in [-0.39, 0.29) is 5.91 Å². The maximum Gasteiger partial charge on any atom is 0.244 e. The van der Waals surface area contributed by atoms with Crippen molar-refractivity contribution in [1.82, 2.24) is 5.32 Å². The van der Waals surface area contributed by atoms with Crippen LogP contribution in [0.2, 0.25) is 0 Å². The second kappa shape index (κ2) is 7.01. The van der Waals surface area contributed by atoms with Crippen LogP contribution in [0.5, 0.6) is 0 Å². The van der Waals surface area contributed by atoms with E-state index in [9.17, 15) is 4.79 Å². The number of benzene rings is 1. The van der Waals surface area contributed by atoms with Gasteiger partial charge in [0.2, 0.25) is 5.91 Å². The smallest absolute Gasteiger partial charge is 0.244 e. The van der Waals surface area contributed by atoms with Gasteiger partial charge >= 0.3 is 0 Å². The minimum atomic E-state index is -0.193. The lowest BCUT2D eigenvalue weighted by molar-refractivity contribution is -0.116. The summed E-state index contributed by atoms with van der Waals surface area (Å²) in [7, 11) is 0. The summed E-state index contributed by atoms with van der Waals surface area (Å²) in [5, 5.41) is 2.69. The van der Waals surface area contributed by atoms with Gasteiger partial charge in [0, 0.05) is 11.6 Å². The summed E-state index contributed by atoms with van der Waals surface area (Å²) in [6.07, 6.45) is 3.06. The molecule has 0 radical (unpaired) electrons. The van der Waals surface area contributed by atoms with Gasteiger partial charge in [-0.15, -0.1) is 0 Å². The second-order valence-electron chi connectivity index (χ2n) is 4.17. The zero-order chi connectivity index (χ0) is 14.2. The zero-order valence-corrected chi connectivity index (χ0v) is 11.2. The zero-order valence-electron chi connectivity index (χ0n) is 11.2. The van der Waals surface area contributed by atoms with Crippen molar-refractivity contribution >= 4 is 12.0 Å². The predicted molar refractivity (Wildman–Crippen MR) is 78.8 cm³/mol. The Labute approximate surface area is 118 Å². The molecule has 0 aliphatic carbocycles. The average Bonchev–Trinajstić information content (AvgIpc) is 2.88. The predicted octanol–water partition coefficient (Wildman–Crippen LogP) is 2.77. The monoisotopic (exact) mass is 265 g/mol. The van der Waals surface area contributed by atoms with Gasteiger partial charge in [0.05, 0.1) is 6.54 Å². The van der Waals surface area contributed by atoms with E-state index in [0.29, 0.717) is 12.3 Å². The number of rotatable bonds is 3. The molecule has 1 aromatic heterocycles. The molecule has 0 aliphatic rings. The Morgan fingerprint density at radius 3 is 2.75 bits per heavy atom. The Balaban J connectivity index is 1.78. The Bertz CT molecular complexity index is 657. The quantitative estimate of drug-likeness (QED) is 0.685. The third kappa shape index (κ3) is 4.51. The Morgan fingerprint density at radius 2 is 2.05 bits per heavy atom. The van der Waals surface area contributed by atoms with Gasteiger partial charge in [-0.2, -0.15) is 0 Å². The van der Waals surface area contributed by atoms with E-state index in [1.54, 1.807) is 6.08 Å². The van der Waals surface area contributed by atoms with Gasteiger partial charge in [-0.1, -0.05) is 30.0 Å². The van der Waals surface area contributed by atoms with E-state index < -0.39 is 0 Å². The van der Waals surface area contributed by atoms with E-state index in [1.807, 2.05) is 49.4 Å². The molecule has 0 bridgehead atoms. The summed E-state index contributed by atoms with van der Waals surface area (Å²) in [5.41, 5.74) is 0.934. The minimum absolute atomic E-state index is 0.193. The van der Waals surface area contributed by atoms with Crippen LogP contribution in [0.15, 0.2) is 53.0 Å². The van der Waals surface area contributed by atoms with Crippen molar-refractivity contribution in [2.75, 3.05) is 6.54 Å². The van der Waals surface area contributed by atoms with Gasteiger partial charge in [0.25, 0.3) is 0 Å². The summed E-state index contributed by atoms with van der Waals surface area (Å²) in [6.45, 7) is 2.17. The molecular formula is C17H15NO2. The first-order valence-corrected chi connectivity index (χ1v) is 6.30. The number of amides is 1. The van der Waals surface area contributed by atoms with E-state index in [1.165, 1.54) is 6.08 Å². The molecule has 1 N–H and O–H groups in total. The minimum Gasteiger partial charge on any atom is -0.462 e. The molecule has 1 amide bonds. The number of aryl methyl sites for hydroxylation is 1. The van der Waals surface area contributed by atoms with Crippen LogP contribution in [0.1, 0.15) is 17.1 Å². The van der Waals surface area contributed by atoms with Crippen molar-refractivity contribution in [3.8, 4) is 11.8 Å². The molecule has 100 valence electrons. The maximum absolute atomic E-state index is 11.5. The standard InChI is InChI=1S/C17H15NO2/c1-14-9-10-16(20-14)11-12-17(19)18-13-5-8-15-6-3-2-4-7-15/h2-4,6-7,9-12H,13H2,1H3,(H,18,19)/b12-11+. The number of hydrogen-bond acceptors (Lipinski definition) is 2. The lowest BCUT2D eigenvalue weighted by Crippen LogP contribution is -2.20. The number of carbonyl (C=O) groups excluding carboxylic acids is 1. The first-order chi connectivity index (χ1) is 9.74. The van der Waals surface area contributed by atoms with Crippen molar-refractivity contribution in [3.05, 3.63) is 65.6 Å². The highest BCUT2D eigenvalue weighted by atomic mass is 16.3. The van der Waals surface area contributed by atoms with Crippen molar-refractivity contribution in [3.63, 3.8) is 0 Å². The maximum atomic E-state index is 11.5. The lowest BCUT2D eigenvalue weighted by atomic mass is 10.2. The average molecular weight is 265 g/mol. The van der Waals surface area contributed by atoms with Crippen molar-refractivity contribution in [2.24, 2.45) is 0 Å². The highest BCUT2D eigenvalue weighted by Gasteiger charge is 1.95. The molecule has 3 nitrogen and oxygen atoms in total. The number of furan rings is 1. The normalized spacial score (nSPS) is 10.1. The van der Waals surface area contributed by atoms with E-state index in [4.69, 9.17) is 4.42 Å². The SMILES string of the molecule is Cc1ccc(/C=C/C(=O)NCC#Cc2ccccc2)o1. The van der Waals surface area contributed by atoms with Crippen LogP contribution in [-0.4, -0.2) is 12.5 Å². The van der Waals surface area contributed by atoms with E-state index in [0.717, 1.165) is 11.3 Å². The summed E-state index contributed by atoms with van der Waals surface area (Å²) in [6, 6.07) is 13.3. The summed E-state index contributed by atoms with van der Waals surface area (Å²) in [5.74, 6) is 7.15. The molecule has 2 aromatic rings. The lowest BCUT2D eigenvalue weighted by Gasteiger charge is -1.94. The molecule has 0 unspecified atom stereocenters. The molecule has 1 aromatic carbocycles. The fourth-order valence-electron chi connectivity index (χ4n) is 1.56. The Morgan fingerprint density at radius 1 is 1.25 bits per heavy atom. The Hall–Kier alpha value is -2.73.